The van der Waals surface area contributed by atoms with Crippen LogP contribution >= 0.6 is 0 Å². The number of carboxylic acids is 2. The zero-order valence-corrected chi connectivity index (χ0v) is 8.64. The van der Waals surface area contributed by atoms with Crippen LogP contribution in [0.2, 0.25) is 0 Å². The van der Waals surface area contributed by atoms with Crippen LogP contribution < -0.4 is 0 Å². The molecular formula is C12H12O4. The molecule has 2 rings (SSSR count). The van der Waals surface area contributed by atoms with E-state index in [1.54, 1.807) is 12.1 Å². The quantitative estimate of drug-likeness (QED) is 0.793. The molecule has 0 saturated carbocycles. The first-order valence-corrected chi connectivity index (χ1v) is 5.16. The SMILES string of the molecule is O=C(O)c1ccc2c(c1)CC[C@@H](C(=O)O)C2. The van der Waals surface area contributed by atoms with Gasteiger partial charge in [-0.05, 0) is 42.5 Å². The molecule has 0 aromatic heterocycles. The maximum Gasteiger partial charge on any atom is 0.335 e. The third kappa shape index (κ3) is 1.91. The van der Waals surface area contributed by atoms with E-state index in [4.69, 9.17) is 10.2 Å². The summed E-state index contributed by atoms with van der Waals surface area (Å²) in [5.41, 5.74) is 2.20. The molecule has 0 saturated heterocycles. The molecular weight excluding hydrogens is 208 g/mol. The summed E-state index contributed by atoms with van der Waals surface area (Å²) in [6.07, 6.45) is 1.74. The number of aryl methyl sites for hydroxylation is 1. The van der Waals surface area contributed by atoms with Crippen molar-refractivity contribution in [1.82, 2.24) is 0 Å². The van der Waals surface area contributed by atoms with Crippen LogP contribution in [-0.4, -0.2) is 22.2 Å². The van der Waals surface area contributed by atoms with E-state index in [9.17, 15) is 9.59 Å². The van der Waals surface area contributed by atoms with Gasteiger partial charge in [0.15, 0.2) is 0 Å². The largest absolute Gasteiger partial charge is 0.481 e. The molecule has 0 spiro atoms. The van der Waals surface area contributed by atoms with Gasteiger partial charge in [0.05, 0.1) is 11.5 Å². The predicted octanol–water partition coefficient (Wildman–Crippen LogP) is 1.57. The molecule has 16 heavy (non-hydrogen) atoms. The summed E-state index contributed by atoms with van der Waals surface area (Å²) in [4.78, 5) is 21.6. The fraction of sp³-hybridized carbons (Fsp3) is 0.333. The van der Waals surface area contributed by atoms with E-state index in [-0.39, 0.29) is 11.5 Å². The minimum atomic E-state index is -0.942. The molecule has 0 bridgehead atoms. The number of hydrogen-bond donors (Lipinski definition) is 2. The Kier molecular flexibility index (Phi) is 2.64. The second-order valence-corrected chi connectivity index (χ2v) is 4.07. The summed E-state index contributed by atoms with van der Waals surface area (Å²) < 4.78 is 0. The van der Waals surface area contributed by atoms with Crippen molar-refractivity contribution in [2.75, 3.05) is 0 Å². The molecule has 1 atom stereocenters. The summed E-state index contributed by atoms with van der Waals surface area (Å²) >= 11 is 0. The molecule has 0 heterocycles. The molecule has 1 aliphatic rings. The Morgan fingerprint density at radius 1 is 1.19 bits per heavy atom. The van der Waals surface area contributed by atoms with Gasteiger partial charge in [0.2, 0.25) is 0 Å². The van der Waals surface area contributed by atoms with E-state index < -0.39 is 11.9 Å². The standard InChI is InChI=1S/C12H12O4/c13-11(14)9-3-1-7-5-10(12(15)16)4-2-8(7)6-9/h1,3,6,10H,2,4-5H2,(H,13,14)(H,15,16)/t10-/m1/s1. The third-order valence-electron chi connectivity index (χ3n) is 3.03. The molecule has 0 radical (unpaired) electrons. The third-order valence-corrected chi connectivity index (χ3v) is 3.03. The number of aliphatic carboxylic acids is 1. The van der Waals surface area contributed by atoms with Crippen LogP contribution in [0.1, 0.15) is 27.9 Å². The monoisotopic (exact) mass is 220 g/mol. The molecule has 4 nitrogen and oxygen atoms in total. The topological polar surface area (TPSA) is 74.6 Å². The van der Waals surface area contributed by atoms with E-state index in [2.05, 4.69) is 0 Å². The molecule has 4 heteroatoms. The summed E-state index contributed by atoms with van der Waals surface area (Å²) in [6.45, 7) is 0. The van der Waals surface area contributed by atoms with E-state index in [0.29, 0.717) is 19.3 Å². The summed E-state index contributed by atoms with van der Waals surface area (Å²) in [7, 11) is 0. The number of benzene rings is 1. The highest BCUT2D eigenvalue weighted by molar-refractivity contribution is 5.88. The first-order valence-electron chi connectivity index (χ1n) is 5.16. The molecule has 1 aliphatic carbocycles. The van der Waals surface area contributed by atoms with Crippen molar-refractivity contribution in [3.63, 3.8) is 0 Å². The lowest BCUT2D eigenvalue weighted by molar-refractivity contribution is -0.142. The zero-order valence-electron chi connectivity index (χ0n) is 8.64. The Labute approximate surface area is 92.5 Å². The highest BCUT2D eigenvalue weighted by Gasteiger charge is 2.24. The summed E-state index contributed by atoms with van der Waals surface area (Å²) in [5.74, 6) is -2.04. The fourth-order valence-corrected chi connectivity index (χ4v) is 2.10. The Morgan fingerprint density at radius 3 is 2.56 bits per heavy atom. The minimum Gasteiger partial charge on any atom is -0.481 e. The lowest BCUT2D eigenvalue weighted by atomic mass is 9.83. The highest BCUT2D eigenvalue weighted by atomic mass is 16.4. The van der Waals surface area contributed by atoms with Crippen LogP contribution in [0, 0.1) is 5.92 Å². The van der Waals surface area contributed by atoms with Gasteiger partial charge < -0.3 is 10.2 Å². The number of carboxylic acid groups (broad SMARTS) is 2. The van der Waals surface area contributed by atoms with Crippen LogP contribution in [0.5, 0.6) is 0 Å². The minimum absolute atomic E-state index is 0.271. The van der Waals surface area contributed by atoms with Crippen LogP contribution in [0.4, 0.5) is 0 Å². The van der Waals surface area contributed by atoms with Gasteiger partial charge in [-0.3, -0.25) is 4.79 Å². The smallest absolute Gasteiger partial charge is 0.335 e. The number of carbonyl (C=O) groups is 2. The van der Waals surface area contributed by atoms with Crippen LogP contribution in [-0.2, 0) is 17.6 Å². The predicted molar refractivity (Wildman–Crippen MR) is 56.6 cm³/mol. The highest BCUT2D eigenvalue weighted by Crippen LogP contribution is 2.26. The average molecular weight is 220 g/mol. The van der Waals surface area contributed by atoms with Crippen molar-refractivity contribution in [2.24, 2.45) is 5.92 Å². The van der Waals surface area contributed by atoms with Crippen LogP contribution in [0.15, 0.2) is 18.2 Å². The molecule has 0 fully saturated rings. The Morgan fingerprint density at radius 2 is 1.94 bits per heavy atom. The van der Waals surface area contributed by atoms with Gasteiger partial charge in [0.1, 0.15) is 0 Å². The lowest BCUT2D eigenvalue weighted by Gasteiger charge is -2.21. The fourth-order valence-electron chi connectivity index (χ4n) is 2.10. The first kappa shape index (κ1) is 10.7. The van der Waals surface area contributed by atoms with Crippen molar-refractivity contribution < 1.29 is 19.8 Å². The van der Waals surface area contributed by atoms with Gasteiger partial charge in [-0.2, -0.15) is 0 Å². The molecule has 0 amide bonds. The summed E-state index contributed by atoms with van der Waals surface area (Å²) in [5, 5.41) is 17.7. The number of fused-ring (bicyclic) bond motifs is 1. The van der Waals surface area contributed by atoms with Gasteiger partial charge in [-0.25, -0.2) is 4.79 Å². The molecule has 1 aromatic carbocycles. The van der Waals surface area contributed by atoms with Gasteiger partial charge in [-0.1, -0.05) is 6.07 Å². The van der Waals surface area contributed by atoms with Crippen LogP contribution in [0.3, 0.4) is 0 Å². The van der Waals surface area contributed by atoms with Crippen molar-refractivity contribution in [1.29, 1.82) is 0 Å². The van der Waals surface area contributed by atoms with Gasteiger partial charge in [0.25, 0.3) is 0 Å². The Hall–Kier alpha value is -1.84. The lowest BCUT2D eigenvalue weighted by Crippen LogP contribution is -2.22. The zero-order chi connectivity index (χ0) is 11.7. The second kappa shape index (κ2) is 3.96. The molecule has 2 N–H and O–H groups in total. The van der Waals surface area contributed by atoms with Crippen molar-refractivity contribution in [3.05, 3.63) is 34.9 Å². The number of aromatic carboxylic acids is 1. The van der Waals surface area contributed by atoms with E-state index >= 15 is 0 Å². The second-order valence-electron chi connectivity index (χ2n) is 4.07. The molecule has 84 valence electrons. The van der Waals surface area contributed by atoms with Crippen LogP contribution in [0.25, 0.3) is 0 Å². The van der Waals surface area contributed by atoms with E-state index in [1.807, 2.05) is 0 Å². The van der Waals surface area contributed by atoms with Crippen molar-refractivity contribution in [3.8, 4) is 0 Å². The van der Waals surface area contributed by atoms with E-state index in [1.165, 1.54) is 6.07 Å². The maximum atomic E-state index is 10.8. The Balaban J connectivity index is 2.29. The van der Waals surface area contributed by atoms with Gasteiger partial charge in [0, 0.05) is 0 Å². The maximum absolute atomic E-state index is 10.8. The Bertz CT molecular complexity index is 450. The first-order chi connectivity index (χ1) is 7.58. The summed E-state index contributed by atoms with van der Waals surface area (Å²) in [6, 6.07) is 4.91. The van der Waals surface area contributed by atoms with Crippen molar-refractivity contribution >= 4 is 11.9 Å². The van der Waals surface area contributed by atoms with Gasteiger partial charge >= 0.3 is 11.9 Å². The number of hydrogen-bond acceptors (Lipinski definition) is 2. The van der Waals surface area contributed by atoms with Gasteiger partial charge in [-0.15, -0.1) is 0 Å². The molecule has 1 aromatic rings. The molecule has 0 unspecified atom stereocenters. The van der Waals surface area contributed by atoms with Crippen molar-refractivity contribution in [2.45, 2.75) is 19.3 Å². The number of rotatable bonds is 2. The normalized spacial score (nSPS) is 18.9. The van der Waals surface area contributed by atoms with E-state index in [0.717, 1.165) is 11.1 Å². The molecule has 0 aliphatic heterocycles. The average Bonchev–Trinajstić information content (AvgIpc) is 2.27.